The van der Waals surface area contributed by atoms with Crippen LogP contribution in [0.1, 0.15) is 16.9 Å². The van der Waals surface area contributed by atoms with Gasteiger partial charge in [-0.25, -0.2) is 0 Å². The fraction of sp³-hybridized carbons (Fsp3) is 0.138. The van der Waals surface area contributed by atoms with E-state index in [4.69, 9.17) is 4.52 Å². The van der Waals surface area contributed by atoms with E-state index < -0.39 is 0 Å². The number of rotatable bonds is 9. The average molecular weight is 523 g/mol. The number of fused-ring (bicyclic) bond motifs is 1. The van der Waals surface area contributed by atoms with Gasteiger partial charge in [0, 0.05) is 59.5 Å². The molecule has 5 rings (SSSR count). The first-order chi connectivity index (χ1) is 18.5. The molecule has 0 atom stereocenters. The molecule has 1 N–H and O–H groups in total. The van der Waals surface area contributed by atoms with E-state index in [-0.39, 0.29) is 5.43 Å². The van der Waals surface area contributed by atoms with Crippen LogP contribution >= 0.6 is 11.9 Å². The Bertz CT molecular complexity index is 1690. The second kappa shape index (κ2) is 11.4. The number of nitrogens with zero attached hydrogens (tertiary/aromatic N) is 5. The standard InChI is InChI=1S/C29H26N6O2S/c1-4-20(18-38-33-16-23-13-28(34-37-23)27-7-5-6-10-30-27)11-24-19(2)8-9-26-25(29(24)36)12-21(14-31-26)22-15-32-35(3)17-22/h4-15,17,33H,1,16,18H2,2-3H3/b20-11+. The van der Waals surface area contributed by atoms with E-state index in [2.05, 4.69) is 31.5 Å². The van der Waals surface area contributed by atoms with Crippen molar-refractivity contribution in [2.45, 2.75) is 13.5 Å². The molecule has 4 heterocycles. The Kier molecular flexibility index (Phi) is 7.57. The molecule has 9 heteroatoms. The van der Waals surface area contributed by atoms with Gasteiger partial charge in [0.2, 0.25) is 0 Å². The van der Waals surface area contributed by atoms with Gasteiger partial charge in [-0.1, -0.05) is 41.9 Å². The highest BCUT2D eigenvalue weighted by Crippen LogP contribution is 2.22. The van der Waals surface area contributed by atoms with Crippen molar-refractivity contribution in [3.8, 4) is 22.5 Å². The molecule has 0 spiro atoms. The highest BCUT2D eigenvalue weighted by atomic mass is 32.2. The molecule has 1 aromatic carbocycles. The highest BCUT2D eigenvalue weighted by molar-refractivity contribution is 7.97. The van der Waals surface area contributed by atoms with Gasteiger partial charge in [0.15, 0.2) is 11.2 Å². The lowest BCUT2D eigenvalue weighted by molar-refractivity contribution is 0.384. The van der Waals surface area contributed by atoms with E-state index >= 15 is 0 Å². The number of nitrogens with one attached hydrogen (secondary N) is 1. The molecular weight excluding hydrogens is 496 g/mol. The summed E-state index contributed by atoms with van der Waals surface area (Å²) in [5.74, 6) is 1.32. The molecule has 0 radical (unpaired) electrons. The Morgan fingerprint density at radius 1 is 1.13 bits per heavy atom. The molecule has 38 heavy (non-hydrogen) atoms. The van der Waals surface area contributed by atoms with Crippen LogP contribution < -0.4 is 10.2 Å². The van der Waals surface area contributed by atoms with Crippen molar-refractivity contribution in [3.63, 3.8) is 0 Å². The van der Waals surface area contributed by atoms with Crippen molar-refractivity contribution < 1.29 is 4.52 Å². The first-order valence-electron chi connectivity index (χ1n) is 12.0. The summed E-state index contributed by atoms with van der Waals surface area (Å²) < 4.78 is 10.4. The number of pyridine rings is 2. The number of hydrogen-bond acceptors (Lipinski definition) is 8. The molecule has 0 amide bonds. The van der Waals surface area contributed by atoms with Crippen LogP contribution in [0.4, 0.5) is 0 Å². The summed E-state index contributed by atoms with van der Waals surface area (Å²) in [5, 5.41) is 8.88. The topological polar surface area (TPSA) is 98.7 Å². The fourth-order valence-corrected chi connectivity index (χ4v) is 4.66. The first kappa shape index (κ1) is 25.3. The molecule has 0 aliphatic rings. The van der Waals surface area contributed by atoms with E-state index in [0.717, 1.165) is 28.0 Å². The molecule has 0 saturated carbocycles. The predicted molar refractivity (Wildman–Crippen MR) is 152 cm³/mol. The molecule has 0 fully saturated rings. The number of allylic oxidation sites excluding steroid dienone is 1. The SMILES string of the molecule is C=C/C(=C\c1c(C)ccc2ncc(-c3cnn(C)c3)cc2c1=O)CSNCc1cc(-c2ccccn2)no1. The van der Waals surface area contributed by atoms with Gasteiger partial charge in [-0.05, 0) is 48.4 Å². The largest absolute Gasteiger partial charge is 0.359 e. The Morgan fingerprint density at radius 3 is 2.79 bits per heavy atom. The van der Waals surface area contributed by atoms with Gasteiger partial charge in [0.05, 0.1) is 24.0 Å². The summed E-state index contributed by atoms with van der Waals surface area (Å²) in [6.07, 6.45) is 10.8. The van der Waals surface area contributed by atoms with E-state index in [1.54, 1.807) is 29.3 Å². The summed E-state index contributed by atoms with van der Waals surface area (Å²) >= 11 is 1.50. The van der Waals surface area contributed by atoms with Crippen molar-refractivity contribution >= 4 is 28.9 Å². The third-order valence-corrected chi connectivity index (χ3v) is 6.85. The molecular formula is C29H26N6O2S. The molecule has 0 saturated heterocycles. The van der Waals surface area contributed by atoms with E-state index in [1.165, 1.54) is 11.9 Å². The van der Waals surface area contributed by atoms with Gasteiger partial charge in [0.25, 0.3) is 0 Å². The summed E-state index contributed by atoms with van der Waals surface area (Å²) in [6, 6.07) is 13.2. The second-order valence-corrected chi connectivity index (χ2v) is 9.61. The van der Waals surface area contributed by atoms with Crippen molar-refractivity contribution in [2.24, 2.45) is 7.05 Å². The zero-order valence-corrected chi connectivity index (χ0v) is 21.9. The van der Waals surface area contributed by atoms with Gasteiger partial charge in [0.1, 0.15) is 5.69 Å². The van der Waals surface area contributed by atoms with Gasteiger partial charge >= 0.3 is 0 Å². The van der Waals surface area contributed by atoms with Crippen LogP contribution in [0, 0.1) is 6.92 Å². The molecule has 5 aromatic rings. The summed E-state index contributed by atoms with van der Waals surface area (Å²) in [6.45, 7) is 6.38. The van der Waals surface area contributed by atoms with Crippen LogP contribution in [0.25, 0.3) is 39.5 Å². The van der Waals surface area contributed by atoms with Gasteiger partial charge < -0.3 is 4.52 Å². The van der Waals surface area contributed by atoms with Crippen molar-refractivity contribution in [3.05, 3.63) is 113 Å². The minimum Gasteiger partial charge on any atom is -0.359 e. The van der Waals surface area contributed by atoms with Gasteiger partial charge in [-0.3, -0.25) is 24.2 Å². The number of aromatic nitrogens is 5. The molecule has 0 unspecified atom stereocenters. The smallest absolute Gasteiger partial charge is 0.195 e. The average Bonchev–Trinajstić information content (AvgIpc) is 3.58. The Labute approximate surface area is 224 Å². The van der Waals surface area contributed by atoms with E-state index in [9.17, 15) is 4.79 Å². The Hall–Kier alpha value is -4.34. The third kappa shape index (κ3) is 5.64. The zero-order valence-electron chi connectivity index (χ0n) is 21.1. The monoisotopic (exact) mass is 522 g/mol. The minimum atomic E-state index is -0.0678. The summed E-state index contributed by atoms with van der Waals surface area (Å²) in [5.41, 5.74) is 6.22. The molecule has 0 aliphatic heterocycles. The van der Waals surface area contributed by atoms with Crippen molar-refractivity contribution in [2.75, 3.05) is 5.75 Å². The number of aryl methyl sites for hydroxylation is 2. The van der Waals surface area contributed by atoms with Crippen LogP contribution in [0.5, 0.6) is 0 Å². The summed E-state index contributed by atoms with van der Waals surface area (Å²) in [7, 11) is 1.86. The number of hydrogen-bond donors (Lipinski definition) is 1. The molecule has 190 valence electrons. The zero-order chi connectivity index (χ0) is 26.5. The van der Waals surface area contributed by atoms with Crippen molar-refractivity contribution in [1.82, 2.24) is 29.6 Å². The lowest BCUT2D eigenvalue weighted by atomic mass is 10.1. The van der Waals surface area contributed by atoms with Crippen LogP contribution in [0.2, 0.25) is 0 Å². The minimum absolute atomic E-state index is 0.0678. The van der Waals surface area contributed by atoms with Gasteiger partial charge in [-0.15, -0.1) is 0 Å². The predicted octanol–water partition coefficient (Wildman–Crippen LogP) is 5.36. The third-order valence-electron chi connectivity index (χ3n) is 6.03. The summed E-state index contributed by atoms with van der Waals surface area (Å²) in [4.78, 5) is 22.5. The normalized spacial score (nSPS) is 11.7. The molecule has 0 bridgehead atoms. The first-order valence-corrected chi connectivity index (χ1v) is 13.0. The van der Waals surface area contributed by atoms with E-state index in [1.807, 2.05) is 68.7 Å². The Morgan fingerprint density at radius 2 is 2.03 bits per heavy atom. The van der Waals surface area contributed by atoms with Crippen LogP contribution in [0.3, 0.4) is 0 Å². The Balaban J connectivity index is 1.33. The maximum atomic E-state index is 13.6. The van der Waals surface area contributed by atoms with Crippen LogP contribution in [-0.4, -0.2) is 30.7 Å². The molecule has 0 aliphatic carbocycles. The van der Waals surface area contributed by atoms with Gasteiger partial charge in [-0.2, -0.15) is 5.10 Å². The van der Waals surface area contributed by atoms with E-state index in [0.29, 0.717) is 40.2 Å². The van der Waals surface area contributed by atoms with Crippen LogP contribution in [0.15, 0.2) is 94.8 Å². The highest BCUT2D eigenvalue weighted by Gasteiger charge is 2.10. The molecule has 8 nitrogen and oxygen atoms in total. The van der Waals surface area contributed by atoms with Crippen molar-refractivity contribution in [1.29, 1.82) is 0 Å². The maximum absolute atomic E-state index is 13.6. The molecule has 4 aromatic heterocycles. The second-order valence-electron chi connectivity index (χ2n) is 8.75. The lowest BCUT2D eigenvalue weighted by Gasteiger charge is -2.04. The fourth-order valence-electron chi connectivity index (χ4n) is 3.95. The maximum Gasteiger partial charge on any atom is 0.195 e. The quantitative estimate of drug-likeness (QED) is 0.157. The van der Waals surface area contributed by atoms with Crippen LogP contribution in [-0.2, 0) is 13.6 Å². The lowest BCUT2D eigenvalue weighted by Crippen LogP contribution is -2.07.